The summed E-state index contributed by atoms with van der Waals surface area (Å²) in [5, 5.41) is 21.3. The number of halogens is 1. The van der Waals surface area contributed by atoms with Crippen molar-refractivity contribution in [3.63, 3.8) is 0 Å². The quantitative estimate of drug-likeness (QED) is 0.328. The smallest absolute Gasteiger partial charge is 0.300 e. The van der Waals surface area contributed by atoms with Gasteiger partial charge in [-0.3, -0.25) is 14.5 Å². The molecule has 2 N–H and O–H groups in total. The van der Waals surface area contributed by atoms with Crippen LogP contribution >= 0.6 is 11.6 Å². The molecule has 0 aromatic heterocycles. The Labute approximate surface area is 201 Å². The molecule has 0 saturated carbocycles. The summed E-state index contributed by atoms with van der Waals surface area (Å²) >= 11 is 6.16. The Hall–Kier alpha value is -3.97. The van der Waals surface area contributed by atoms with Crippen molar-refractivity contribution in [2.75, 3.05) is 30.0 Å². The monoisotopic (exact) mass is 476 g/mol. The normalized spacial score (nSPS) is 19.2. The number of phenolic OH excluding ortho intramolecular Hbond substituents is 1. The van der Waals surface area contributed by atoms with Crippen LogP contribution < -0.4 is 14.5 Å². The van der Waals surface area contributed by atoms with Crippen LogP contribution in [0, 0.1) is 0 Å². The number of benzene rings is 3. The van der Waals surface area contributed by atoms with Gasteiger partial charge >= 0.3 is 0 Å². The van der Waals surface area contributed by atoms with Gasteiger partial charge in [-0.05, 0) is 48.0 Å². The third kappa shape index (κ3) is 3.54. The standard InChI is InChI=1S/C26H21ClN2O5/c1-28-11-12-34-21-10-8-16(14-19(21)28)24(31)22-23(15-7-9-20(30)18(27)13-15)29(26(33)25(22)32)17-5-3-2-4-6-17/h2-10,13-14,23,30-31H,11-12H2,1H3/b24-22-. The number of carbonyl (C=O) groups is 2. The van der Waals surface area contributed by atoms with Gasteiger partial charge in [-0.1, -0.05) is 35.9 Å². The maximum atomic E-state index is 13.3. The third-order valence-electron chi connectivity index (χ3n) is 6.09. The molecule has 0 radical (unpaired) electrons. The molecule has 1 fully saturated rings. The van der Waals surface area contributed by atoms with Gasteiger partial charge in [0.25, 0.3) is 11.7 Å². The van der Waals surface area contributed by atoms with Crippen LogP contribution in [0.1, 0.15) is 17.2 Å². The highest BCUT2D eigenvalue weighted by Crippen LogP contribution is 2.44. The number of anilines is 2. The molecule has 172 valence electrons. The Morgan fingerprint density at radius 1 is 1.06 bits per heavy atom. The van der Waals surface area contributed by atoms with Gasteiger partial charge in [-0.15, -0.1) is 0 Å². The average molecular weight is 477 g/mol. The van der Waals surface area contributed by atoms with E-state index in [9.17, 15) is 19.8 Å². The molecule has 5 rings (SSSR count). The molecule has 0 aliphatic carbocycles. The second kappa shape index (κ2) is 8.43. The summed E-state index contributed by atoms with van der Waals surface area (Å²) in [4.78, 5) is 29.8. The number of fused-ring (bicyclic) bond motifs is 1. The highest BCUT2D eigenvalue weighted by molar-refractivity contribution is 6.51. The SMILES string of the molecule is CN1CCOc2ccc(/C(O)=C3/C(=O)C(=O)N(c4ccccc4)C3c3ccc(O)c(Cl)c3)cc21. The molecular weight excluding hydrogens is 456 g/mol. The Kier molecular flexibility index (Phi) is 5.42. The van der Waals surface area contributed by atoms with E-state index in [0.717, 1.165) is 5.69 Å². The minimum Gasteiger partial charge on any atom is -0.507 e. The van der Waals surface area contributed by atoms with E-state index in [-0.39, 0.29) is 22.1 Å². The fourth-order valence-corrected chi connectivity index (χ4v) is 4.54. The van der Waals surface area contributed by atoms with E-state index in [2.05, 4.69) is 0 Å². The van der Waals surface area contributed by atoms with Crippen LogP contribution in [0.2, 0.25) is 5.02 Å². The van der Waals surface area contributed by atoms with Crippen molar-refractivity contribution in [1.29, 1.82) is 0 Å². The van der Waals surface area contributed by atoms with Crippen LogP contribution in [0.5, 0.6) is 11.5 Å². The lowest BCUT2D eigenvalue weighted by Gasteiger charge is -2.28. The van der Waals surface area contributed by atoms with Crippen LogP contribution in [0.3, 0.4) is 0 Å². The number of nitrogens with zero attached hydrogens (tertiary/aromatic N) is 2. The molecule has 1 unspecified atom stereocenters. The number of hydrogen-bond donors (Lipinski definition) is 2. The first kappa shape index (κ1) is 21.9. The summed E-state index contributed by atoms with van der Waals surface area (Å²) in [7, 11) is 1.91. The number of carbonyl (C=O) groups excluding carboxylic acids is 2. The minimum absolute atomic E-state index is 0.0602. The van der Waals surface area contributed by atoms with Crippen molar-refractivity contribution in [2.45, 2.75) is 6.04 Å². The molecule has 3 aromatic carbocycles. The van der Waals surface area contributed by atoms with E-state index in [4.69, 9.17) is 16.3 Å². The highest BCUT2D eigenvalue weighted by atomic mass is 35.5. The molecule has 1 atom stereocenters. The number of ether oxygens (including phenoxy) is 1. The number of amides is 1. The first-order valence-corrected chi connectivity index (χ1v) is 11.1. The van der Waals surface area contributed by atoms with Gasteiger partial charge in [0.2, 0.25) is 0 Å². The fourth-order valence-electron chi connectivity index (χ4n) is 4.35. The van der Waals surface area contributed by atoms with Crippen LogP contribution in [-0.4, -0.2) is 42.1 Å². The molecule has 1 saturated heterocycles. The van der Waals surface area contributed by atoms with Crippen LogP contribution in [0.4, 0.5) is 11.4 Å². The van der Waals surface area contributed by atoms with Gasteiger partial charge in [0.1, 0.15) is 23.9 Å². The Bertz CT molecular complexity index is 1340. The van der Waals surface area contributed by atoms with E-state index in [1.807, 2.05) is 11.9 Å². The number of ketones is 1. The van der Waals surface area contributed by atoms with Crippen molar-refractivity contribution < 1.29 is 24.5 Å². The predicted molar refractivity (Wildman–Crippen MR) is 130 cm³/mol. The lowest BCUT2D eigenvalue weighted by molar-refractivity contribution is -0.132. The van der Waals surface area contributed by atoms with Gasteiger partial charge in [0.05, 0.1) is 28.9 Å². The second-order valence-corrected chi connectivity index (χ2v) is 8.58. The zero-order valence-corrected chi connectivity index (χ0v) is 19.0. The Balaban J connectivity index is 1.71. The van der Waals surface area contributed by atoms with Crippen molar-refractivity contribution in [3.05, 3.63) is 88.5 Å². The number of hydrogen-bond acceptors (Lipinski definition) is 6. The maximum Gasteiger partial charge on any atom is 0.300 e. The van der Waals surface area contributed by atoms with Gasteiger partial charge in [-0.25, -0.2) is 0 Å². The largest absolute Gasteiger partial charge is 0.507 e. The van der Waals surface area contributed by atoms with E-state index in [1.54, 1.807) is 54.6 Å². The third-order valence-corrected chi connectivity index (χ3v) is 6.40. The first-order valence-electron chi connectivity index (χ1n) is 10.7. The summed E-state index contributed by atoms with van der Waals surface area (Å²) in [6, 6.07) is 17.4. The molecule has 1 amide bonds. The van der Waals surface area contributed by atoms with Gasteiger partial charge in [-0.2, -0.15) is 0 Å². The van der Waals surface area contributed by atoms with Crippen molar-refractivity contribution in [3.8, 4) is 11.5 Å². The van der Waals surface area contributed by atoms with Crippen LogP contribution in [0.15, 0.2) is 72.3 Å². The maximum absolute atomic E-state index is 13.3. The summed E-state index contributed by atoms with van der Waals surface area (Å²) in [5.74, 6) is -1.32. The molecule has 34 heavy (non-hydrogen) atoms. The summed E-state index contributed by atoms with van der Waals surface area (Å²) < 4.78 is 5.67. The Morgan fingerprint density at radius 3 is 2.56 bits per heavy atom. The zero-order chi connectivity index (χ0) is 24.0. The minimum atomic E-state index is -0.939. The van der Waals surface area contributed by atoms with Crippen molar-refractivity contribution in [1.82, 2.24) is 0 Å². The molecule has 0 bridgehead atoms. The zero-order valence-electron chi connectivity index (χ0n) is 18.2. The lowest BCUT2D eigenvalue weighted by Crippen LogP contribution is -2.29. The van der Waals surface area contributed by atoms with E-state index in [0.29, 0.717) is 35.7 Å². The highest BCUT2D eigenvalue weighted by Gasteiger charge is 2.47. The number of aliphatic hydroxyl groups is 1. The molecular formula is C26H21ClN2O5. The molecule has 2 aliphatic rings. The molecule has 2 aliphatic heterocycles. The molecule has 7 nitrogen and oxygen atoms in total. The molecule has 8 heteroatoms. The van der Waals surface area contributed by atoms with E-state index >= 15 is 0 Å². The number of rotatable bonds is 3. The summed E-state index contributed by atoms with van der Waals surface area (Å²) in [6.07, 6.45) is 0. The number of aromatic hydroxyl groups is 1. The molecule has 2 heterocycles. The van der Waals surface area contributed by atoms with E-state index in [1.165, 1.54) is 17.0 Å². The summed E-state index contributed by atoms with van der Waals surface area (Å²) in [5.41, 5.74) is 2.08. The molecule has 3 aromatic rings. The molecule has 0 spiro atoms. The van der Waals surface area contributed by atoms with E-state index < -0.39 is 17.7 Å². The number of Topliss-reactive ketones (excluding diaryl/α,β-unsaturated/α-hetero) is 1. The van der Waals surface area contributed by atoms with Crippen molar-refractivity contribution in [2.24, 2.45) is 0 Å². The topological polar surface area (TPSA) is 90.3 Å². The number of phenols is 1. The Morgan fingerprint density at radius 2 is 1.82 bits per heavy atom. The van der Waals surface area contributed by atoms with Crippen LogP contribution in [-0.2, 0) is 9.59 Å². The lowest BCUT2D eigenvalue weighted by atomic mass is 9.94. The fraction of sp³-hybridized carbons (Fsp3) is 0.154. The predicted octanol–water partition coefficient (Wildman–Crippen LogP) is 4.50. The average Bonchev–Trinajstić information content (AvgIpc) is 3.11. The van der Waals surface area contributed by atoms with Gasteiger partial charge < -0.3 is 19.8 Å². The van der Waals surface area contributed by atoms with Gasteiger partial charge in [0, 0.05) is 18.3 Å². The number of aliphatic hydroxyl groups excluding tert-OH is 1. The summed E-state index contributed by atoms with van der Waals surface area (Å²) in [6.45, 7) is 1.24. The van der Waals surface area contributed by atoms with Crippen molar-refractivity contribution >= 4 is 40.4 Å². The number of likely N-dealkylation sites (N-methyl/N-ethyl adjacent to an activating group) is 1. The number of para-hydroxylation sites is 1. The van der Waals surface area contributed by atoms with Crippen LogP contribution in [0.25, 0.3) is 5.76 Å². The first-order chi connectivity index (χ1) is 16.4. The van der Waals surface area contributed by atoms with Gasteiger partial charge in [0.15, 0.2) is 0 Å². The second-order valence-electron chi connectivity index (χ2n) is 8.17.